The van der Waals surface area contributed by atoms with E-state index in [2.05, 4.69) is 20.1 Å². The molecule has 0 amide bonds. The second-order valence-electron chi connectivity index (χ2n) is 4.42. The van der Waals surface area contributed by atoms with Crippen LogP contribution in [-0.4, -0.2) is 32.6 Å². The average molecular weight is 268 g/mol. The maximum atomic E-state index is 8.21. The van der Waals surface area contributed by atoms with E-state index in [0.29, 0.717) is 32.2 Å². The van der Waals surface area contributed by atoms with Crippen molar-refractivity contribution < 1.29 is 9.47 Å². The van der Waals surface area contributed by atoms with Gasteiger partial charge in [0.1, 0.15) is 0 Å². The van der Waals surface area contributed by atoms with E-state index >= 15 is 0 Å². The molecule has 0 N–H and O–H groups in total. The minimum Gasteiger partial charge on any atom is -0.352 e. The number of nitrogens with zero attached hydrogens (tertiary/aromatic N) is 6. The van der Waals surface area contributed by atoms with Gasteiger partial charge < -0.3 is 9.47 Å². The largest absolute Gasteiger partial charge is 0.352 e. The van der Waals surface area contributed by atoms with Crippen LogP contribution in [0.2, 0.25) is 0 Å². The highest BCUT2D eigenvalue weighted by Gasteiger charge is 2.24. The third-order valence-corrected chi connectivity index (χ3v) is 3.11. The number of hydrogen-bond donors (Lipinski definition) is 0. The molecule has 0 aromatic carbocycles. The standard InChI is InChI=1S/C11H20N6O2/c12-16-14-6-8-18-11(19-9-7-15-17-13)10-4-2-1-3-5-10/h10-11H,1-9H2. The zero-order valence-corrected chi connectivity index (χ0v) is 11.0. The van der Waals surface area contributed by atoms with Crippen LogP contribution in [0.25, 0.3) is 20.9 Å². The number of hydrogen-bond acceptors (Lipinski definition) is 4. The topological polar surface area (TPSA) is 116 Å². The molecule has 0 bridgehead atoms. The van der Waals surface area contributed by atoms with Gasteiger partial charge in [-0.1, -0.05) is 29.5 Å². The zero-order valence-electron chi connectivity index (χ0n) is 11.0. The van der Waals surface area contributed by atoms with Crippen molar-refractivity contribution in [2.75, 3.05) is 26.3 Å². The van der Waals surface area contributed by atoms with Crippen LogP contribution in [0.15, 0.2) is 10.2 Å². The van der Waals surface area contributed by atoms with Crippen molar-refractivity contribution in [3.05, 3.63) is 20.9 Å². The van der Waals surface area contributed by atoms with Crippen LogP contribution in [0.3, 0.4) is 0 Å². The minimum absolute atomic E-state index is 0.289. The lowest BCUT2D eigenvalue weighted by atomic mass is 9.89. The molecule has 1 aliphatic rings. The van der Waals surface area contributed by atoms with Gasteiger partial charge in [-0.25, -0.2) is 0 Å². The molecule has 0 aliphatic heterocycles. The Hall–Kier alpha value is -1.46. The van der Waals surface area contributed by atoms with E-state index in [1.165, 1.54) is 19.3 Å². The monoisotopic (exact) mass is 268 g/mol. The van der Waals surface area contributed by atoms with Gasteiger partial charge in [-0.05, 0) is 23.9 Å². The molecule has 0 heterocycles. The van der Waals surface area contributed by atoms with Gasteiger partial charge >= 0.3 is 0 Å². The normalized spacial score (nSPS) is 17.3. The predicted molar refractivity (Wildman–Crippen MR) is 70.3 cm³/mol. The highest BCUT2D eigenvalue weighted by atomic mass is 16.7. The second kappa shape index (κ2) is 10.5. The fourth-order valence-electron chi connectivity index (χ4n) is 2.24. The van der Waals surface area contributed by atoms with Crippen LogP contribution >= 0.6 is 0 Å². The summed E-state index contributed by atoms with van der Waals surface area (Å²) in [4.78, 5) is 5.36. The predicted octanol–water partition coefficient (Wildman–Crippen LogP) is 3.55. The van der Waals surface area contributed by atoms with E-state index in [1.807, 2.05) is 0 Å². The molecule has 0 aromatic heterocycles. The summed E-state index contributed by atoms with van der Waals surface area (Å²) in [7, 11) is 0. The molecule has 19 heavy (non-hydrogen) atoms. The Morgan fingerprint density at radius 1 is 0.947 bits per heavy atom. The van der Waals surface area contributed by atoms with Crippen LogP contribution in [0.4, 0.5) is 0 Å². The molecule has 1 saturated carbocycles. The molecule has 1 aliphatic carbocycles. The van der Waals surface area contributed by atoms with Gasteiger partial charge in [-0.3, -0.25) is 0 Å². The zero-order chi connectivity index (χ0) is 13.8. The highest BCUT2D eigenvalue weighted by molar-refractivity contribution is 4.69. The maximum Gasteiger partial charge on any atom is 0.160 e. The molecule has 0 unspecified atom stereocenters. The van der Waals surface area contributed by atoms with Crippen LogP contribution in [0.1, 0.15) is 32.1 Å². The molecule has 8 heteroatoms. The Bertz CT molecular complexity index is 308. The Labute approximate surface area is 112 Å². The third-order valence-electron chi connectivity index (χ3n) is 3.11. The smallest absolute Gasteiger partial charge is 0.160 e. The van der Waals surface area contributed by atoms with Crippen molar-refractivity contribution in [3.63, 3.8) is 0 Å². The van der Waals surface area contributed by atoms with Crippen LogP contribution < -0.4 is 0 Å². The lowest BCUT2D eigenvalue weighted by Crippen LogP contribution is -2.30. The summed E-state index contributed by atoms with van der Waals surface area (Å²) in [6.45, 7) is 1.32. The number of azide groups is 2. The lowest BCUT2D eigenvalue weighted by molar-refractivity contribution is -0.174. The summed E-state index contributed by atoms with van der Waals surface area (Å²) in [5, 5.41) is 6.86. The van der Waals surface area contributed by atoms with Gasteiger partial charge in [0.25, 0.3) is 0 Å². The van der Waals surface area contributed by atoms with Crippen molar-refractivity contribution in [2.45, 2.75) is 38.4 Å². The molecular weight excluding hydrogens is 248 g/mol. The van der Waals surface area contributed by atoms with Crippen molar-refractivity contribution >= 4 is 0 Å². The van der Waals surface area contributed by atoms with Gasteiger partial charge in [-0.2, -0.15) is 0 Å². The molecule has 106 valence electrons. The van der Waals surface area contributed by atoms with E-state index in [9.17, 15) is 0 Å². The summed E-state index contributed by atoms with van der Waals surface area (Å²) in [5.74, 6) is 0.380. The van der Waals surface area contributed by atoms with E-state index in [0.717, 1.165) is 12.8 Å². The van der Waals surface area contributed by atoms with Crippen molar-refractivity contribution in [2.24, 2.45) is 16.1 Å². The van der Waals surface area contributed by atoms with E-state index < -0.39 is 0 Å². The molecule has 0 saturated heterocycles. The second-order valence-corrected chi connectivity index (χ2v) is 4.42. The van der Waals surface area contributed by atoms with Gasteiger partial charge in [0.2, 0.25) is 0 Å². The highest BCUT2D eigenvalue weighted by Crippen LogP contribution is 2.28. The fraction of sp³-hybridized carbons (Fsp3) is 1.00. The van der Waals surface area contributed by atoms with Crippen molar-refractivity contribution in [3.8, 4) is 0 Å². The maximum absolute atomic E-state index is 8.21. The van der Waals surface area contributed by atoms with Crippen LogP contribution in [0, 0.1) is 5.92 Å². The van der Waals surface area contributed by atoms with Crippen LogP contribution in [-0.2, 0) is 9.47 Å². The number of ether oxygens (including phenoxy) is 2. The first-order valence-corrected chi connectivity index (χ1v) is 6.63. The summed E-state index contributed by atoms with van der Waals surface area (Å²) in [6.07, 6.45) is 5.55. The van der Waals surface area contributed by atoms with Gasteiger partial charge in [0, 0.05) is 28.8 Å². The Morgan fingerprint density at radius 3 is 1.95 bits per heavy atom. The first kappa shape index (κ1) is 15.6. The number of rotatable bonds is 9. The Kier molecular flexibility index (Phi) is 8.59. The molecule has 0 radical (unpaired) electrons. The average Bonchev–Trinajstić information content (AvgIpc) is 2.46. The third kappa shape index (κ3) is 6.88. The molecule has 0 aromatic rings. The van der Waals surface area contributed by atoms with Gasteiger partial charge in [-0.15, -0.1) is 0 Å². The fourth-order valence-corrected chi connectivity index (χ4v) is 2.24. The lowest BCUT2D eigenvalue weighted by Gasteiger charge is -2.29. The first-order chi connectivity index (χ1) is 9.38. The molecule has 1 fully saturated rings. The van der Waals surface area contributed by atoms with E-state index in [1.54, 1.807) is 0 Å². The van der Waals surface area contributed by atoms with E-state index in [4.69, 9.17) is 20.5 Å². The van der Waals surface area contributed by atoms with Crippen molar-refractivity contribution in [1.29, 1.82) is 0 Å². The Balaban J connectivity index is 2.36. The molecular formula is C11H20N6O2. The summed E-state index contributed by atoms with van der Waals surface area (Å²) in [6, 6.07) is 0. The molecule has 0 spiro atoms. The quantitative estimate of drug-likeness (QED) is 0.209. The van der Waals surface area contributed by atoms with Crippen molar-refractivity contribution in [1.82, 2.24) is 0 Å². The minimum atomic E-state index is -0.289. The summed E-state index contributed by atoms with van der Waals surface area (Å²) in [5.41, 5.74) is 16.4. The Morgan fingerprint density at radius 2 is 1.47 bits per heavy atom. The molecule has 8 nitrogen and oxygen atoms in total. The van der Waals surface area contributed by atoms with E-state index in [-0.39, 0.29) is 6.29 Å². The molecule has 0 atom stereocenters. The SMILES string of the molecule is [N-]=[N+]=NCCOC(OCCN=[N+]=[N-])C1CCCCC1. The first-order valence-electron chi connectivity index (χ1n) is 6.63. The van der Waals surface area contributed by atoms with Crippen LogP contribution in [0.5, 0.6) is 0 Å². The summed E-state index contributed by atoms with van der Waals surface area (Å²) >= 11 is 0. The summed E-state index contributed by atoms with van der Waals surface area (Å²) < 4.78 is 11.3. The van der Waals surface area contributed by atoms with Gasteiger partial charge in [0.05, 0.1) is 13.2 Å². The van der Waals surface area contributed by atoms with Gasteiger partial charge in [0.15, 0.2) is 6.29 Å². The molecule has 1 rings (SSSR count).